The van der Waals surface area contributed by atoms with E-state index in [1.165, 1.54) is 17.5 Å². The predicted octanol–water partition coefficient (Wildman–Crippen LogP) is 4.34. The van der Waals surface area contributed by atoms with Gasteiger partial charge in [-0.15, -0.1) is 0 Å². The van der Waals surface area contributed by atoms with E-state index in [0.29, 0.717) is 6.61 Å². The van der Waals surface area contributed by atoms with E-state index in [2.05, 4.69) is 22.0 Å². The maximum absolute atomic E-state index is 12.2. The number of carbonyl (C=O) groups is 1. The van der Waals surface area contributed by atoms with E-state index in [-0.39, 0.29) is 12.4 Å². The van der Waals surface area contributed by atoms with Crippen molar-refractivity contribution in [2.45, 2.75) is 25.9 Å². The van der Waals surface area contributed by atoms with E-state index in [4.69, 9.17) is 4.74 Å². The number of fused-ring (bicyclic) bond motifs is 1. The van der Waals surface area contributed by atoms with Crippen molar-refractivity contribution in [3.63, 3.8) is 0 Å². The molecular formula is C18H17BrO2. The summed E-state index contributed by atoms with van der Waals surface area (Å²) in [6, 6.07) is 14.0. The molecule has 0 spiro atoms. The van der Waals surface area contributed by atoms with Gasteiger partial charge in [-0.2, -0.15) is 0 Å². The Morgan fingerprint density at radius 3 is 2.81 bits per heavy atom. The van der Waals surface area contributed by atoms with Gasteiger partial charge >= 0.3 is 0 Å². The quantitative estimate of drug-likeness (QED) is 0.754. The van der Waals surface area contributed by atoms with Crippen molar-refractivity contribution in [3.05, 3.63) is 69.2 Å². The number of carbonyl (C=O) groups excluding carboxylic acids is 1. The fourth-order valence-electron chi connectivity index (χ4n) is 2.72. The van der Waals surface area contributed by atoms with Crippen LogP contribution in [-0.4, -0.2) is 12.4 Å². The van der Waals surface area contributed by atoms with Crippen molar-refractivity contribution in [1.29, 1.82) is 0 Å². The summed E-state index contributed by atoms with van der Waals surface area (Å²) in [6.45, 7) is 0.585. The van der Waals surface area contributed by atoms with E-state index in [1.807, 2.05) is 36.4 Å². The molecule has 2 aromatic rings. The third-order valence-corrected chi connectivity index (χ3v) is 4.30. The molecule has 2 nitrogen and oxygen atoms in total. The predicted molar refractivity (Wildman–Crippen MR) is 86.6 cm³/mol. The van der Waals surface area contributed by atoms with Crippen LogP contribution in [0.15, 0.2) is 46.9 Å². The number of rotatable bonds is 5. The van der Waals surface area contributed by atoms with E-state index >= 15 is 0 Å². The number of Topliss-reactive ketones (excluding diaryl/α,β-unsaturated/α-hetero) is 1. The van der Waals surface area contributed by atoms with Crippen LogP contribution in [0.1, 0.15) is 33.5 Å². The van der Waals surface area contributed by atoms with Crippen LogP contribution in [-0.2, 0) is 24.2 Å². The smallest absolute Gasteiger partial charge is 0.188 e. The Balaban J connectivity index is 1.57. The average molecular weight is 345 g/mol. The van der Waals surface area contributed by atoms with Crippen LogP contribution in [0.4, 0.5) is 0 Å². The first-order valence-electron chi connectivity index (χ1n) is 7.19. The molecule has 3 rings (SSSR count). The van der Waals surface area contributed by atoms with Crippen molar-refractivity contribution < 1.29 is 9.53 Å². The summed E-state index contributed by atoms with van der Waals surface area (Å²) in [5, 5.41) is 0. The second-order valence-corrected chi connectivity index (χ2v) is 6.30. The highest BCUT2D eigenvalue weighted by atomic mass is 79.9. The van der Waals surface area contributed by atoms with Crippen molar-refractivity contribution in [2.75, 3.05) is 6.61 Å². The number of ether oxygens (including phenoxy) is 1. The molecule has 0 heterocycles. The lowest BCUT2D eigenvalue weighted by atomic mass is 10.0. The summed E-state index contributed by atoms with van der Waals surface area (Å²) < 4.78 is 6.56. The van der Waals surface area contributed by atoms with Crippen molar-refractivity contribution in [1.82, 2.24) is 0 Å². The first kappa shape index (κ1) is 14.5. The fourth-order valence-corrected chi connectivity index (χ4v) is 3.16. The lowest BCUT2D eigenvalue weighted by Gasteiger charge is -2.06. The highest BCUT2D eigenvalue weighted by Gasteiger charge is 2.14. The fraction of sp³-hybridized carbons (Fsp3) is 0.278. The van der Waals surface area contributed by atoms with Gasteiger partial charge in [-0.05, 0) is 54.2 Å². The second-order valence-electron chi connectivity index (χ2n) is 5.38. The third kappa shape index (κ3) is 3.60. The molecule has 0 saturated heterocycles. The number of benzene rings is 2. The van der Waals surface area contributed by atoms with Gasteiger partial charge in [-0.3, -0.25) is 4.79 Å². The molecule has 0 bridgehead atoms. The normalized spacial score (nSPS) is 13.2. The Labute approximate surface area is 133 Å². The molecule has 2 aromatic carbocycles. The Morgan fingerprint density at radius 1 is 1.10 bits per heavy atom. The van der Waals surface area contributed by atoms with E-state index in [9.17, 15) is 4.79 Å². The average Bonchev–Trinajstić information content (AvgIpc) is 2.94. The zero-order valence-electron chi connectivity index (χ0n) is 11.8. The van der Waals surface area contributed by atoms with E-state index in [1.54, 1.807) is 0 Å². The molecule has 0 fully saturated rings. The minimum Gasteiger partial charge on any atom is -0.369 e. The van der Waals surface area contributed by atoms with Crippen molar-refractivity contribution in [3.8, 4) is 0 Å². The molecule has 108 valence electrons. The zero-order valence-corrected chi connectivity index (χ0v) is 13.4. The van der Waals surface area contributed by atoms with Gasteiger partial charge in [0.15, 0.2) is 5.78 Å². The van der Waals surface area contributed by atoms with Gasteiger partial charge in [-0.25, -0.2) is 0 Å². The molecule has 0 unspecified atom stereocenters. The summed E-state index contributed by atoms with van der Waals surface area (Å²) in [4.78, 5) is 12.2. The van der Waals surface area contributed by atoms with E-state index in [0.717, 1.165) is 28.4 Å². The Morgan fingerprint density at radius 2 is 1.95 bits per heavy atom. The molecule has 3 heteroatoms. The van der Waals surface area contributed by atoms with Gasteiger partial charge in [-0.1, -0.05) is 40.2 Å². The molecule has 21 heavy (non-hydrogen) atoms. The SMILES string of the molecule is O=C(COCc1cccc(Br)c1)c1ccc2c(c1)CCC2. The molecule has 1 aliphatic carbocycles. The van der Waals surface area contributed by atoms with Crippen LogP contribution in [0.25, 0.3) is 0 Å². The summed E-state index contributed by atoms with van der Waals surface area (Å²) in [6.07, 6.45) is 3.44. The molecule has 0 saturated carbocycles. The molecule has 1 aliphatic rings. The minimum absolute atomic E-state index is 0.0553. The standard InChI is InChI=1S/C18H17BrO2/c19-17-6-1-3-13(9-17)11-21-12-18(20)16-8-7-14-4-2-5-15(14)10-16/h1,3,6-10H,2,4-5,11-12H2. The highest BCUT2D eigenvalue weighted by molar-refractivity contribution is 9.10. The summed E-state index contributed by atoms with van der Waals surface area (Å²) in [7, 11) is 0. The van der Waals surface area contributed by atoms with Gasteiger partial charge in [0.05, 0.1) is 6.61 Å². The van der Waals surface area contributed by atoms with Crippen LogP contribution < -0.4 is 0 Å². The molecule has 0 N–H and O–H groups in total. The number of aryl methyl sites for hydroxylation is 2. The Bertz CT molecular complexity index is 664. The topological polar surface area (TPSA) is 26.3 Å². The number of hydrogen-bond acceptors (Lipinski definition) is 2. The number of halogens is 1. The molecule has 0 aliphatic heterocycles. The van der Waals surface area contributed by atoms with Gasteiger partial charge in [0, 0.05) is 10.0 Å². The summed E-state index contributed by atoms with van der Waals surface area (Å²) in [5.41, 5.74) is 4.55. The van der Waals surface area contributed by atoms with Gasteiger partial charge in [0.1, 0.15) is 6.61 Å². The molecule has 0 amide bonds. The third-order valence-electron chi connectivity index (χ3n) is 3.81. The largest absolute Gasteiger partial charge is 0.369 e. The Kier molecular flexibility index (Phi) is 4.51. The second kappa shape index (κ2) is 6.54. The zero-order chi connectivity index (χ0) is 14.7. The maximum Gasteiger partial charge on any atom is 0.188 e. The van der Waals surface area contributed by atoms with Crippen LogP contribution in [0.3, 0.4) is 0 Å². The molecular weight excluding hydrogens is 328 g/mol. The molecule has 0 atom stereocenters. The summed E-state index contributed by atoms with van der Waals surface area (Å²) in [5.74, 6) is 0.0553. The van der Waals surface area contributed by atoms with Gasteiger partial charge < -0.3 is 4.74 Å². The monoisotopic (exact) mass is 344 g/mol. The lowest BCUT2D eigenvalue weighted by Crippen LogP contribution is -2.09. The van der Waals surface area contributed by atoms with Crippen molar-refractivity contribution in [2.24, 2.45) is 0 Å². The van der Waals surface area contributed by atoms with Crippen LogP contribution in [0.2, 0.25) is 0 Å². The molecule has 0 radical (unpaired) electrons. The number of hydrogen-bond donors (Lipinski definition) is 0. The lowest BCUT2D eigenvalue weighted by molar-refractivity contribution is 0.0726. The first-order chi connectivity index (χ1) is 10.2. The van der Waals surface area contributed by atoms with Crippen LogP contribution >= 0.6 is 15.9 Å². The number of ketones is 1. The summed E-state index contributed by atoms with van der Waals surface area (Å²) >= 11 is 3.43. The van der Waals surface area contributed by atoms with Crippen LogP contribution in [0.5, 0.6) is 0 Å². The van der Waals surface area contributed by atoms with Crippen molar-refractivity contribution >= 4 is 21.7 Å². The Hall–Kier alpha value is -1.45. The molecule has 0 aromatic heterocycles. The van der Waals surface area contributed by atoms with Gasteiger partial charge in [0.25, 0.3) is 0 Å². The maximum atomic E-state index is 12.2. The van der Waals surface area contributed by atoms with E-state index < -0.39 is 0 Å². The minimum atomic E-state index is 0.0553. The highest BCUT2D eigenvalue weighted by Crippen LogP contribution is 2.23. The first-order valence-corrected chi connectivity index (χ1v) is 7.99. The van der Waals surface area contributed by atoms with Gasteiger partial charge in [0.2, 0.25) is 0 Å². The van der Waals surface area contributed by atoms with Crippen LogP contribution in [0, 0.1) is 0 Å².